The molecule has 0 aromatic heterocycles. The van der Waals surface area contributed by atoms with Gasteiger partial charge in [-0.15, -0.1) is 0 Å². The number of hydrogen-bond acceptors (Lipinski definition) is 3. The van der Waals surface area contributed by atoms with Gasteiger partial charge in [-0.3, -0.25) is 4.79 Å². The third kappa shape index (κ3) is 4.30. The zero-order valence-electron chi connectivity index (χ0n) is 12.4. The Hall–Kier alpha value is -0.570. The third-order valence-corrected chi connectivity index (χ3v) is 3.51. The zero-order valence-corrected chi connectivity index (χ0v) is 12.4. The average Bonchev–Trinajstić information content (AvgIpc) is 2.71. The molecule has 3 nitrogen and oxygen atoms in total. The molecule has 0 N–H and O–H groups in total. The molecular formula is C14H28O3. The lowest BCUT2D eigenvalue weighted by molar-refractivity contribution is -0.186. The second kappa shape index (κ2) is 6.39. The van der Waals surface area contributed by atoms with Crippen LogP contribution in [-0.4, -0.2) is 18.9 Å². The SMILES string of the molecule is CC.CC(C)(C)C(C)(C)C(=O)OC1CCCO1. The van der Waals surface area contributed by atoms with Crippen LogP contribution in [0.15, 0.2) is 0 Å². The Labute approximate surface area is 106 Å². The Morgan fingerprint density at radius 1 is 1.18 bits per heavy atom. The highest BCUT2D eigenvalue weighted by molar-refractivity contribution is 5.77. The second-order valence-corrected chi connectivity index (χ2v) is 5.72. The van der Waals surface area contributed by atoms with E-state index in [0.29, 0.717) is 6.61 Å². The quantitative estimate of drug-likeness (QED) is 0.694. The lowest BCUT2D eigenvalue weighted by Gasteiger charge is -2.36. The summed E-state index contributed by atoms with van der Waals surface area (Å²) >= 11 is 0. The molecule has 1 aliphatic rings. The van der Waals surface area contributed by atoms with Crippen LogP contribution in [0.25, 0.3) is 0 Å². The fourth-order valence-corrected chi connectivity index (χ4v) is 1.21. The van der Waals surface area contributed by atoms with Crippen molar-refractivity contribution in [2.75, 3.05) is 6.61 Å². The lowest BCUT2D eigenvalue weighted by atomic mass is 9.69. The Bertz CT molecular complexity index is 232. The average molecular weight is 244 g/mol. The Morgan fingerprint density at radius 3 is 2.06 bits per heavy atom. The van der Waals surface area contributed by atoms with Crippen molar-refractivity contribution < 1.29 is 14.3 Å². The standard InChI is InChI=1S/C12H22O3.C2H6/c1-11(2,3)12(4,5)10(13)15-9-7-6-8-14-9;1-2/h9H,6-8H2,1-5H3;1-2H3. The summed E-state index contributed by atoms with van der Waals surface area (Å²) in [5, 5.41) is 0. The minimum absolute atomic E-state index is 0.108. The molecule has 1 saturated heterocycles. The number of carbonyl (C=O) groups excluding carboxylic acids is 1. The highest BCUT2D eigenvalue weighted by atomic mass is 16.7. The maximum Gasteiger partial charge on any atom is 0.314 e. The summed E-state index contributed by atoms with van der Waals surface area (Å²) < 4.78 is 10.6. The van der Waals surface area contributed by atoms with Crippen LogP contribution < -0.4 is 0 Å². The lowest BCUT2D eigenvalue weighted by Crippen LogP contribution is -2.40. The molecule has 0 bridgehead atoms. The van der Waals surface area contributed by atoms with Gasteiger partial charge >= 0.3 is 5.97 Å². The van der Waals surface area contributed by atoms with E-state index in [-0.39, 0.29) is 17.7 Å². The molecule has 102 valence electrons. The Morgan fingerprint density at radius 2 is 1.71 bits per heavy atom. The molecule has 1 heterocycles. The molecule has 17 heavy (non-hydrogen) atoms. The molecule has 3 heteroatoms. The summed E-state index contributed by atoms with van der Waals surface area (Å²) in [6, 6.07) is 0. The van der Waals surface area contributed by atoms with Crippen LogP contribution in [0, 0.1) is 10.8 Å². The molecule has 0 saturated carbocycles. The van der Waals surface area contributed by atoms with Crippen molar-refractivity contribution in [1.29, 1.82) is 0 Å². The van der Waals surface area contributed by atoms with Crippen molar-refractivity contribution in [3.63, 3.8) is 0 Å². The van der Waals surface area contributed by atoms with Crippen LogP contribution in [0.2, 0.25) is 0 Å². The van der Waals surface area contributed by atoms with Crippen molar-refractivity contribution in [1.82, 2.24) is 0 Å². The van der Waals surface area contributed by atoms with Gasteiger partial charge in [0.05, 0.1) is 12.0 Å². The number of ether oxygens (including phenoxy) is 2. The molecule has 0 amide bonds. The van der Waals surface area contributed by atoms with E-state index >= 15 is 0 Å². The molecular weight excluding hydrogens is 216 g/mol. The van der Waals surface area contributed by atoms with E-state index in [4.69, 9.17) is 9.47 Å². The third-order valence-electron chi connectivity index (χ3n) is 3.51. The van der Waals surface area contributed by atoms with Crippen molar-refractivity contribution in [2.45, 2.75) is 67.6 Å². The summed E-state index contributed by atoms with van der Waals surface area (Å²) in [5.41, 5.74) is -0.596. The molecule has 0 aromatic carbocycles. The first kappa shape index (κ1) is 16.4. The van der Waals surface area contributed by atoms with E-state index in [9.17, 15) is 4.79 Å². The van der Waals surface area contributed by atoms with Gasteiger partial charge in [-0.2, -0.15) is 0 Å². The summed E-state index contributed by atoms with van der Waals surface area (Å²) in [5.74, 6) is -0.165. The molecule has 1 fully saturated rings. The highest BCUT2D eigenvalue weighted by Gasteiger charge is 2.42. The van der Waals surface area contributed by atoms with Crippen molar-refractivity contribution >= 4 is 5.97 Å². The van der Waals surface area contributed by atoms with E-state index in [0.717, 1.165) is 12.8 Å². The van der Waals surface area contributed by atoms with E-state index in [2.05, 4.69) is 0 Å². The maximum atomic E-state index is 12.0. The van der Waals surface area contributed by atoms with Gasteiger partial charge in [-0.25, -0.2) is 0 Å². The fraction of sp³-hybridized carbons (Fsp3) is 0.929. The second-order valence-electron chi connectivity index (χ2n) is 5.72. The van der Waals surface area contributed by atoms with Gasteiger partial charge in [0, 0.05) is 6.42 Å². The van der Waals surface area contributed by atoms with Crippen molar-refractivity contribution in [3.8, 4) is 0 Å². The molecule has 0 aromatic rings. The molecule has 1 atom stereocenters. The molecule has 0 aliphatic carbocycles. The number of hydrogen-bond donors (Lipinski definition) is 0. The zero-order chi connectivity index (χ0) is 13.7. The Kier molecular flexibility index (Phi) is 6.17. The van der Waals surface area contributed by atoms with Gasteiger partial charge < -0.3 is 9.47 Å². The van der Waals surface area contributed by atoms with E-state index < -0.39 is 5.41 Å². The topological polar surface area (TPSA) is 35.5 Å². The predicted molar refractivity (Wildman–Crippen MR) is 69.7 cm³/mol. The van der Waals surface area contributed by atoms with Gasteiger partial charge in [-0.05, 0) is 25.7 Å². The minimum atomic E-state index is -0.487. The van der Waals surface area contributed by atoms with E-state index in [1.165, 1.54) is 0 Å². The molecule has 0 radical (unpaired) electrons. The predicted octanol–water partition coefficient (Wildman–Crippen LogP) is 3.76. The van der Waals surface area contributed by atoms with Crippen LogP contribution in [0.5, 0.6) is 0 Å². The van der Waals surface area contributed by atoms with Crippen LogP contribution in [-0.2, 0) is 14.3 Å². The first-order valence-electron chi connectivity index (χ1n) is 6.58. The normalized spacial score (nSPS) is 20.5. The van der Waals surface area contributed by atoms with Crippen LogP contribution in [0.1, 0.15) is 61.3 Å². The van der Waals surface area contributed by atoms with Crippen LogP contribution in [0.3, 0.4) is 0 Å². The summed E-state index contributed by atoms with van der Waals surface area (Å²) in [4.78, 5) is 12.0. The fourth-order valence-electron chi connectivity index (χ4n) is 1.21. The first-order valence-corrected chi connectivity index (χ1v) is 6.58. The van der Waals surface area contributed by atoms with E-state index in [1.807, 2.05) is 48.5 Å². The molecule has 1 aliphatic heterocycles. The van der Waals surface area contributed by atoms with Gasteiger partial charge in [0.15, 0.2) is 0 Å². The van der Waals surface area contributed by atoms with Crippen LogP contribution >= 0.6 is 0 Å². The first-order chi connectivity index (χ1) is 7.75. The number of carbonyl (C=O) groups is 1. The van der Waals surface area contributed by atoms with Gasteiger partial charge in [0.2, 0.25) is 6.29 Å². The Balaban J connectivity index is 0.00000121. The van der Waals surface area contributed by atoms with Crippen molar-refractivity contribution in [3.05, 3.63) is 0 Å². The summed E-state index contributed by atoms with van der Waals surface area (Å²) in [7, 11) is 0. The maximum absolute atomic E-state index is 12.0. The minimum Gasteiger partial charge on any atom is -0.435 e. The van der Waals surface area contributed by atoms with E-state index in [1.54, 1.807) is 0 Å². The van der Waals surface area contributed by atoms with Gasteiger partial charge in [-0.1, -0.05) is 34.6 Å². The summed E-state index contributed by atoms with van der Waals surface area (Å²) in [6.07, 6.45) is 1.49. The van der Waals surface area contributed by atoms with Gasteiger partial charge in [0.1, 0.15) is 0 Å². The highest BCUT2D eigenvalue weighted by Crippen LogP contribution is 2.39. The van der Waals surface area contributed by atoms with Crippen LogP contribution in [0.4, 0.5) is 0 Å². The molecule has 1 rings (SSSR count). The van der Waals surface area contributed by atoms with Crippen molar-refractivity contribution in [2.24, 2.45) is 10.8 Å². The largest absolute Gasteiger partial charge is 0.435 e. The number of esters is 1. The molecule has 0 spiro atoms. The van der Waals surface area contributed by atoms with Gasteiger partial charge in [0.25, 0.3) is 0 Å². The smallest absolute Gasteiger partial charge is 0.314 e. The monoisotopic (exact) mass is 244 g/mol. The number of rotatable bonds is 2. The summed E-state index contributed by atoms with van der Waals surface area (Å²) in [6.45, 7) is 14.7. The molecule has 1 unspecified atom stereocenters.